The van der Waals surface area contributed by atoms with Gasteiger partial charge >= 0.3 is 0 Å². The summed E-state index contributed by atoms with van der Waals surface area (Å²) >= 11 is 0. The van der Waals surface area contributed by atoms with Crippen molar-refractivity contribution in [2.45, 2.75) is 34.1 Å². The lowest BCUT2D eigenvalue weighted by molar-refractivity contribution is 0.207. The molecule has 0 aromatic rings. The first-order chi connectivity index (χ1) is 6.85. The van der Waals surface area contributed by atoms with E-state index >= 15 is 0 Å². The first kappa shape index (κ1) is 12.0. The molecule has 15 heavy (non-hydrogen) atoms. The molecule has 0 radical (unpaired) electrons. The van der Waals surface area contributed by atoms with Crippen LogP contribution < -0.4 is 0 Å². The van der Waals surface area contributed by atoms with Gasteiger partial charge in [0.2, 0.25) is 0 Å². The average molecular weight is 212 g/mol. The quantitative estimate of drug-likeness (QED) is 0.660. The number of rotatable bonds is 2. The molecule has 1 aliphatic carbocycles. The molecule has 0 unspecified atom stereocenters. The highest BCUT2D eigenvalue weighted by atomic mass is 16.6. The maximum Gasteiger partial charge on any atom is 0.111 e. The van der Waals surface area contributed by atoms with Crippen molar-refractivity contribution in [3.8, 4) is 0 Å². The second kappa shape index (κ2) is 3.83. The van der Waals surface area contributed by atoms with E-state index in [2.05, 4.69) is 38.0 Å². The SMILES string of the molecule is CO/N=C1\C(=N\OC)C(C)(C)CC1(C)C. The molecule has 0 spiro atoms. The topological polar surface area (TPSA) is 43.2 Å². The van der Waals surface area contributed by atoms with Crippen molar-refractivity contribution in [3.63, 3.8) is 0 Å². The maximum atomic E-state index is 4.88. The van der Waals surface area contributed by atoms with E-state index in [1.165, 1.54) is 0 Å². The minimum absolute atomic E-state index is 0.0170. The van der Waals surface area contributed by atoms with Crippen LogP contribution in [0.5, 0.6) is 0 Å². The molecule has 0 heterocycles. The summed E-state index contributed by atoms with van der Waals surface area (Å²) in [5.74, 6) is 0. The molecule has 1 saturated carbocycles. The lowest BCUT2D eigenvalue weighted by Gasteiger charge is -2.19. The molecule has 0 aliphatic heterocycles. The lowest BCUT2D eigenvalue weighted by atomic mass is 9.84. The molecular formula is C11H20N2O2. The fourth-order valence-electron chi connectivity index (χ4n) is 2.43. The first-order valence-electron chi connectivity index (χ1n) is 5.09. The van der Waals surface area contributed by atoms with Gasteiger partial charge in [0.15, 0.2) is 0 Å². The molecule has 86 valence electrons. The van der Waals surface area contributed by atoms with E-state index in [1.54, 1.807) is 14.2 Å². The van der Waals surface area contributed by atoms with Gasteiger partial charge in [0, 0.05) is 10.8 Å². The Morgan fingerprint density at radius 3 is 1.47 bits per heavy atom. The third-order valence-electron chi connectivity index (χ3n) is 2.76. The molecule has 0 N–H and O–H groups in total. The van der Waals surface area contributed by atoms with Gasteiger partial charge < -0.3 is 9.68 Å². The number of hydrogen-bond donors (Lipinski definition) is 0. The van der Waals surface area contributed by atoms with Crippen LogP contribution in [0.3, 0.4) is 0 Å². The van der Waals surface area contributed by atoms with Gasteiger partial charge in [-0.05, 0) is 6.42 Å². The van der Waals surface area contributed by atoms with Crippen LogP contribution in [0.2, 0.25) is 0 Å². The minimum atomic E-state index is -0.0170. The van der Waals surface area contributed by atoms with Crippen LogP contribution in [0.15, 0.2) is 10.3 Å². The molecule has 0 bridgehead atoms. The van der Waals surface area contributed by atoms with Crippen LogP contribution in [-0.2, 0) is 9.68 Å². The number of oxime groups is 2. The summed E-state index contributed by atoms with van der Waals surface area (Å²) in [6, 6.07) is 0. The standard InChI is InChI=1S/C11H20N2O2/c1-10(2)7-11(3,4)9(13-15-6)8(10)12-14-5/h7H2,1-6H3/b12-8-,13-9+. The zero-order valence-electron chi connectivity index (χ0n) is 10.4. The van der Waals surface area contributed by atoms with Crippen molar-refractivity contribution >= 4 is 11.4 Å². The van der Waals surface area contributed by atoms with Crippen LogP contribution in [0.25, 0.3) is 0 Å². The molecule has 0 aromatic heterocycles. The molecule has 0 saturated heterocycles. The molecule has 1 aliphatic rings. The highest BCUT2D eigenvalue weighted by Gasteiger charge is 2.49. The molecule has 4 nitrogen and oxygen atoms in total. The van der Waals surface area contributed by atoms with Crippen LogP contribution in [0, 0.1) is 10.8 Å². The van der Waals surface area contributed by atoms with E-state index in [0.717, 1.165) is 17.8 Å². The van der Waals surface area contributed by atoms with Crippen molar-refractivity contribution in [2.24, 2.45) is 21.1 Å². The van der Waals surface area contributed by atoms with E-state index in [1.807, 2.05) is 0 Å². The summed E-state index contributed by atoms with van der Waals surface area (Å²) in [6.07, 6.45) is 0.990. The van der Waals surface area contributed by atoms with E-state index < -0.39 is 0 Å². The molecule has 0 amide bonds. The van der Waals surface area contributed by atoms with Crippen molar-refractivity contribution in [3.05, 3.63) is 0 Å². The molecule has 0 atom stereocenters. The Labute approximate surface area is 91.3 Å². The van der Waals surface area contributed by atoms with Crippen LogP contribution in [0.1, 0.15) is 34.1 Å². The smallest absolute Gasteiger partial charge is 0.111 e. The van der Waals surface area contributed by atoms with Crippen molar-refractivity contribution in [1.29, 1.82) is 0 Å². The Bertz CT molecular complexity index is 274. The van der Waals surface area contributed by atoms with Crippen LogP contribution in [0.4, 0.5) is 0 Å². The predicted octanol–water partition coefficient (Wildman–Crippen LogP) is 2.45. The van der Waals surface area contributed by atoms with Gasteiger partial charge in [0.1, 0.15) is 25.6 Å². The monoisotopic (exact) mass is 212 g/mol. The van der Waals surface area contributed by atoms with Gasteiger partial charge in [-0.1, -0.05) is 38.0 Å². The Balaban J connectivity index is 3.21. The minimum Gasteiger partial charge on any atom is -0.399 e. The summed E-state index contributed by atoms with van der Waals surface area (Å²) in [5, 5.41) is 8.16. The van der Waals surface area contributed by atoms with Gasteiger partial charge in [0.05, 0.1) is 0 Å². The van der Waals surface area contributed by atoms with Gasteiger partial charge in [-0.2, -0.15) is 0 Å². The van der Waals surface area contributed by atoms with Crippen molar-refractivity contribution in [1.82, 2.24) is 0 Å². The maximum absolute atomic E-state index is 4.88. The highest BCUT2D eigenvalue weighted by Crippen LogP contribution is 2.45. The molecule has 1 rings (SSSR count). The number of hydrogen-bond acceptors (Lipinski definition) is 4. The second-order valence-electron chi connectivity index (χ2n) is 5.19. The van der Waals surface area contributed by atoms with Gasteiger partial charge in [-0.3, -0.25) is 0 Å². The fourth-order valence-corrected chi connectivity index (χ4v) is 2.43. The summed E-state index contributed by atoms with van der Waals surface area (Å²) in [7, 11) is 3.11. The largest absolute Gasteiger partial charge is 0.399 e. The van der Waals surface area contributed by atoms with Crippen LogP contribution in [-0.4, -0.2) is 25.6 Å². The van der Waals surface area contributed by atoms with Crippen LogP contribution >= 0.6 is 0 Å². The Morgan fingerprint density at radius 1 is 0.867 bits per heavy atom. The van der Waals surface area contributed by atoms with Gasteiger partial charge in [-0.15, -0.1) is 0 Å². The Hall–Kier alpha value is -1.06. The Morgan fingerprint density at radius 2 is 1.20 bits per heavy atom. The summed E-state index contributed by atoms with van der Waals surface area (Å²) in [4.78, 5) is 9.77. The summed E-state index contributed by atoms with van der Waals surface area (Å²) in [6.45, 7) is 8.57. The predicted molar refractivity (Wildman–Crippen MR) is 61.1 cm³/mol. The van der Waals surface area contributed by atoms with Crippen molar-refractivity contribution < 1.29 is 9.68 Å². The summed E-state index contributed by atoms with van der Waals surface area (Å²) in [5.41, 5.74) is 1.74. The van der Waals surface area contributed by atoms with Gasteiger partial charge in [-0.25, -0.2) is 0 Å². The normalized spacial score (nSPS) is 28.4. The molecule has 1 fully saturated rings. The van der Waals surface area contributed by atoms with E-state index in [-0.39, 0.29) is 10.8 Å². The van der Waals surface area contributed by atoms with E-state index in [4.69, 9.17) is 9.68 Å². The molecular weight excluding hydrogens is 192 g/mol. The van der Waals surface area contributed by atoms with Crippen molar-refractivity contribution in [2.75, 3.05) is 14.2 Å². The molecule has 0 aromatic carbocycles. The lowest BCUT2D eigenvalue weighted by Crippen LogP contribution is -2.25. The molecule has 4 heteroatoms. The highest BCUT2D eigenvalue weighted by molar-refractivity contribution is 6.47. The summed E-state index contributed by atoms with van der Waals surface area (Å²) < 4.78 is 0. The Kier molecular flexibility index (Phi) is 3.07. The fraction of sp³-hybridized carbons (Fsp3) is 0.818. The average Bonchev–Trinajstić information content (AvgIpc) is 2.23. The third kappa shape index (κ3) is 2.13. The van der Waals surface area contributed by atoms with E-state index in [9.17, 15) is 0 Å². The van der Waals surface area contributed by atoms with E-state index in [0.29, 0.717) is 0 Å². The second-order valence-corrected chi connectivity index (χ2v) is 5.19. The number of nitrogens with zero attached hydrogens (tertiary/aromatic N) is 2. The van der Waals surface area contributed by atoms with Gasteiger partial charge in [0.25, 0.3) is 0 Å². The zero-order chi connectivity index (χ0) is 11.7. The third-order valence-corrected chi connectivity index (χ3v) is 2.76. The first-order valence-corrected chi connectivity index (χ1v) is 5.09. The zero-order valence-corrected chi connectivity index (χ0v) is 10.4.